The van der Waals surface area contributed by atoms with E-state index in [9.17, 15) is 34.0 Å². The normalized spacial score (nSPS) is 12.7. The topological polar surface area (TPSA) is 120 Å². The van der Waals surface area contributed by atoms with Gasteiger partial charge in [-0.1, -0.05) is 24.3 Å². The van der Waals surface area contributed by atoms with E-state index >= 15 is 0 Å². The van der Waals surface area contributed by atoms with Crippen molar-refractivity contribution in [2.45, 2.75) is 21.1 Å². The lowest BCUT2D eigenvalue weighted by Gasteiger charge is -2.12. The molecule has 4 rings (SSSR count). The van der Waals surface area contributed by atoms with Crippen LogP contribution in [0.4, 0.5) is 8.78 Å². The van der Waals surface area contributed by atoms with E-state index in [2.05, 4.69) is 5.10 Å². The van der Waals surface area contributed by atoms with Gasteiger partial charge in [0.25, 0.3) is 6.43 Å². The molecule has 1 heterocycles. The molecule has 0 aliphatic carbocycles. The number of sulfone groups is 3. The van der Waals surface area contributed by atoms with Crippen LogP contribution in [0.5, 0.6) is 0 Å². The average Bonchev–Trinajstić information content (AvgIpc) is 3.24. The number of hydrogen-bond donors (Lipinski definition) is 0. The minimum atomic E-state index is -3.54. The second-order valence-electron chi connectivity index (χ2n) is 8.68. The first kappa shape index (κ1) is 27.6. The molecule has 38 heavy (non-hydrogen) atoms. The van der Waals surface area contributed by atoms with Gasteiger partial charge in [0.1, 0.15) is 5.69 Å². The average molecular weight is 581 g/mol. The lowest BCUT2D eigenvalue weighted by molar-refractivity contribution is 0.146. The first-order chi connectivity index (χ1) is 17.6. The molecule has 0 aliphatic rings. The van der Waals surface area contributed by atoms with Gasteiger partial charge in [-0.2, -0.15) is 5.10 Å². The minimum absolute atomic E-state index is 0.00246. The zero-order valence-corrected chi connectivity index (χ0v) is 22.8. The summed E-state index contributed by atoms with van der Waals surface area (Å²) in [5, 5.41) is 4.15. The van der Waals surface area contributed by atoms with Gasteiger partial charge in [-0.15, -0.1) is 0 Å². The highest BCUT2D eigenvalue weighted by molar-refractivity contribution is 7.91. The predicted octanol–water partition coefficient (Wildman–Crippen LogP) is 4.35. The highest BCUT2D eigenvalue weighted by atomic mass is 32.2. The van der Waals surface area contributed by atoms with Crippen molar-refractivity contribution in [1.82, 2.24) is 9.78 Å². The highest BCUT2D eigenvalue weighted by Crippen LogP contribution is 2.41. The van der Waals surface area contributed by atoms with Crippen LogP contribution in [0.25, 0.3) is 28.1 Å². The standard InChI is InChI=1S/C25H22F2N2O6S3/c1-36(30,31)19-10-4-16(5-11-19)22-23(25(26)27)28-29(18-8-14-21(15-9-18)38(3,34)35)24(22)17-6-12-20(13-7-17)37(2,32)33/h4-15,25H,1-3H3. The summed E-state index contributed by atoms with van der Waals surface area (Å²) in [4.78, 5) is 0.0544. The molecule has 0 saturated heterocycles. The second kappa shape index (κ2) is 9.71. The molecule has 13 heteroatoms. The maximum absolute atomic E-state index is 14.3. The van der Waals surface area contributed by atoms with Gasteiger partial charge >= 0.3 is 0 Å². The molecule has 0 saturated carbocycles. The molecule has 8 nitrogen and oxygen atoms in total. The van der Waals surface area contributed by atoms with Crippen LogP contribution in [-0.2, 0) is 29.5 Å². The van der Waals surface area contributed by atoms with Crippen molar-refractivity contribution in [3.63, 3.8) is 0 Å². The van der Waals surface area contributed by atoms with Crippen LogP contribution in [0, 0.1) is 0 Å². The molecule has 0 N–H and O–H groups in total. The summed E-state index contributed by atoms with van der Waals surface area (Å²) in [6, 6.07) is 16.5. The van der Waals surface area contributed by atoms with Gasteiger partial charge in [0.05, 0.1) is 26.1 Å². The molecular weight excluding hydrogens is 558 g/mol. The Kier molecular flexibility index (Phi) is 7.06. The number of benzene rings is 3. The Bertz CT molecular complexity index is 1830. The highest BCUT2D eigenvalue weighted by Gasteiger charge is 2.27. The fourth-order valence-electron chi connectivity index (χ4n) is 3.89. The summed E-state index contributed by atoms with van der Waals surface area (Å²) in [6.45, 7) is 0. The largest absolute Gasteiger partial charge is 0.282 e. The zero-order valence-electron chi connectivity index (χ0n) is 20.3. The molecule has 0 unspecified atom stereocenters. The first-order valence-corrected chi connectivity index (χ1v) is 16.6. The lowest BCUT2D eigenvalue weighted by Crippen LogP contribution is -2.02. The molecule has 0 atom stereocenters. The minimum Gasteiger partial charge on any atom is -0.232 e. The molecule has 0 amide bonds. The van der Waals surface area contributed by atoms with Crippen LogP contribution in [0.3, 0.4) is 0 Å². The number of alkyl halides is 2. The van der Waals surface area contributed by atoms with E-state index in [1.54, 1.807) is 0 Å². The van der Waals surface area contributed by atoms with Crippen molar-refractivity contribution >= 4 is 29.5 Å². The number of rotatable bonds is 7. The summed E-state index contributed by atoms with van der Waals surface area (Å²) >= 11 is 0. The van der Waals surface area contributed by atoms with E-state index in [0.717, 1.165) is 18.8 Å². The Morgan fingerprint density at radius 3 is 1.34 bits per heavy atom. The van der Waals surface area contributed by atoms with Crippen LogP contribution in [0.1, 0.15) is 12.1 Å². The van der Waals surface area contributed by atoms with Crippen molar-refractivity contribution < 1.29 is 34.0 Å². The fraction of sp³-hybridized carbons (Fsp3) is 0.160. The first-order valence-electron chi connectivity index (χ1n) is 10.9. The van der Waals surface area contributed by atoms with Gasteiger partial charge in [-0.25, -0.2) is 38.7 Å². The Hall–Kier alpha value is -3.42. The number of nitrogens with zero attached hydrogens (tertiary/aromatic N) is 2. The van der Waals surface area contributed by atoms with E-state index in [-0.39, 0.29) is 37.2 Å². The lowest BCUT2D eigenvalue weighted by atomic mass is 9.98. The molecule has 4 aromatic rings. The quantitative estimate of drug-likeness (QED) is 0.319. The van der Waals surface area contributed by atoms with E-state index in [0.29, 0.717) is 5.56 Å². The number of halogens is 2. The van der Waals surface area contributed by atoms with Crippen LogP contribution in [0.15, 0.2) is 87.5 Å². The molecule has 200 valence electrons. The van der Waals surface area contributed by atoms with Gasteiger partial charge in [0, 0.05) is 29.9 Å². The van der Waals surface area contributed by atoms with Crippen molar-refractivity contribution in [3.05, 3.63) is 78.5 Å². The molecule has 1 aromatic heterocycles. The van der Waals surface area contributed by atoms with E-state index < -0.39 is 41.6 Å². The van der Waals surface area contributed by atoms with E-state index in [1.807, 2.05) is 0 Å². The third kappa shape index (κ3) is 5.54. The molecule has 0 fully saturated rings. The number of aromatic nitrogens is 2. The summed E-state index contributed by atoms with van der Waals surface area (Å²) in [6.07, 6.45) is 0.0848. The maximum Gasteiger partial charge on any atom is 0.282 e. The zero-order chi connectivity index (χ0) is 28.0. The van der Waals surface area contributed by atoms with Gasteiger partial charge in [0.15, 0.2) is 29.5 Å². The SMILES string of the molecule is CS(=O)(=O)c1ccc(-c2c(C(F)F)nn(-c3ccc(S(C)(=O)=O)cc3)c2-c2ccc(S(C)(=O)=O)cc2)cc1. The smallest absolute Gasteiger partial charge is 0.232 e. The van der Waals surface area contributed by atoms with Crippen molar-refractivity contribution in [3.8, 4) is 28.1 Å². The van der Waals surface area contributed by atoms with Crippen LogP contribution < -0.4 is 0 Å². The molecule has 0 bridgehead atoms. The number of hydrogen-bond acceptors (Lipinski definition) is 7. The third-order valence-corrected chi connectivity index (χ3v) is 9.14. The summed E-state index contributed by atoms with van der Waals surface area (Å²) in [5.74, 6) is 0. The monoisotopic (exact) mass is 580 g/mol. The summed E-state index contributed by atoms with van der Waals surface area (Å²) < 4.78 is 101. The molecule has 0 spiro atoms. The predicted molar refractivity (Wildman–Crippen MR) is 139 cm³/mol. The molecular formula is C25H22F2N2O6S3. The van der Waals surface area contributed by atoms with E-state index in [4.69, 9.17) is 0 Å². The van der Waals surface area contributed by atoms with Crippen molar-refractivity contribution in [2.75, 3.05) is 18.8 Å². The van der Waals surface area contributed by atoms with E-state index in [1.165, 1.54) is 77.5 Å². The third-order valence-electron chi connectivity index (χ3n) is 5.76. The molecule has 0 aliphatic heterocycles. The summed E-state index contributed by atoms with van der Waals surface area (Å²) in [5.41, 5.74) is 0.492. The van der Waals surface area contributed by atoms with Crippen LogP contribution in [0.2, 0.25) is 0 Å². The van der Waals surface area contributed by atoms with Gasteiger partial charge in [-0.3, -0.25) is 0 Å². The van der Waals surface area contributed by atoms with Crippen LogP contribution in [-0.4, -0.2) is 53.8 Å². The second-order valence-corrected chi connectivity index (χ2v) is 14.7. The fourth-order valence-corrected chi connectivity index (χ4v) is 5.78. The Morgan fingerprint density at radius 2 is 0.974 bits per heavy atom. The molecule has 0 radical (unpaired) electrons. The van der Waals surface area contributed by atoms with Gasteiger partial charge in [0.2, 0.25) is 0 Å². The molecule has 3 aromatic carbocycles. The van der Waals surface area contributed by atoms with Gasteiger partial charge in [-0.05, 0) is 54.1 Å². The Morgan fingerprint density at radius 1 is 0.605 bits per heavy atom. The summed E-state index contributed by atoms with van der Waals surface area (Å²) in [7, 11) is -10.6. The van der Waals surface area contributed by atoms with Gasteiger partial charge < -0.3 is 0 Å². The Balaban J connectivity index is 2.03. The van der Waals surface area contributed by atoms with Crippen LogP contribution >= 0.6 is 0 Å². The Labute approximate surface area is 219 Å². The van der Waals surface area contributed by atoms with Crippen molar-refractivity contribution in [1.29, 1.82) is 0 Å². The maximum atomic E-state index is 14.3. The van der Waals surface area contributed by atoms with Crippen molar-refractivity contribution in [2.24, 2.45) is 0 Å².